The van der Waals surface area contributed by atoms with Gasteiger partial charge in [-0.1, -0.05) is 24.3 Å². The fraction of sp³-hybridized carbons (Fsp3) is 0. The molecule has 0 aliphatic heterocycles. The number of benzene rings is 3. The van der Waals surface area contributed by atoms with Gasteiger partial charge >= 0.3 is 0 Å². The summed E-state index contributed by atoms with van der Waals surface area (Å²) in [5.41, 5.74) is 3.75. The summed E-state index contributed by atoms with van der Waals surface area (Å²) in [4.78, 5) is 0. The highest BCUT2D eigenvalue weighted by Crippen LogP contribution is 2.26. The Bertz CT molecular complexity index is 652. The fourth-order valence-electron chi connectivity index (χ4n) is 2.09. The van der Waals surface area contributed by atoms with Crippen LogP contribution in [0.3, 0.4) is 0 Å². The molecule has 0 aliphatic rings. The minimum Gasteiger partial charge on any atom is -0.207 e. The Morgan fingerprint density at radius 1 is 0.550 bits per heavy atom. The van der Waals surface area contributed by atoms with Crippen LogP contribution in [0.4, 0.5) is 8.78 Å². The molecular formula is C18H11F2. The van der Waals surface area contributed by atoms with Gasteiger partial charge in [0.05, 0.1) is 0 Å². The molecule has 0 spiro atoms. The molecule has 0 heterocycles. The highest BCUT2D eigenvalue weighted by molar-refractivity contribution is 5.72. The normalized spacial score (nSPS) is 10.5. The lowest BCUT2D eigenvalue weighted by molar-refractivity contribution is 0.627. The van der Waals surface area contributed by atoms with E-state index in [4.69, 9.17) is 0 Å². The van der Waals surface area contributed by atoms with E-state index in [0.717, 1.165) is 22.3 Å². The molecule has 0 fully saturated rings. The van der Waals surface area contributed by atoms with Gasteiger partial charge in [0, 0.05) is 0 Å². The van der Waals surface area contributed by atoms with Crippen LogP contribution in [0.1, 0.15) is 0 Å². The van der Waals surface area contributed by atoms with E-state index in [1.165, 1.54) is 24.3 Å². The molecule has 0 amide bonds. The molecule has 97 valence electrons. The van der Waals surface area contributed by atoms with Crippen molar-refractivity contribution in [2.24, 2.45) is 0 Å². The lowest BCUT2D eigenvalue weighted by Crippen LogP contribution is -1.83. The Labute approximate surface area is 116 Å². The maximum absolute atomic E-state index is 12.9. The first-order chi connectivity index (χ1) is 9.72. The average molecular weight is 265 g/mol. The Morgan fingerprint density at radius 2 is 0.950 bits per heavy atom. The van der Waals surface area contributed by atoms with Crippen molar-refractivity contribution in [2.45, 2.75) is 0 Å². The fourth-order valence-corrected chi connectivity index (χ4v) is 2.09. The van der Waals surface area contributed by atoms with Crippen molar-refractivity contribution in [3.05, 3.63) is 84.4 Å². The number of hydrogen-bond donors (Lipinski definition) is 0. The topological polar surface area (TPSA) is 0 Å². The second-order valence-corrected chi connectivity index (χ2v) is 4.52. The van der Waals surface area contributed by atoms with Crippen LogP contribution in [0, 0.1) is 17.7 Å². The van der Waals surface area contributed by atoms with Crippen molar-refractivity contribution in [2.75, 3.05) is 0 Å². The van der Waals surface area contributed by atoms with Crippen LogP contribution in [0.25, 0.3) is 22.3 Å². The maximum Gasteiger partial charge on any atom is 0.123 e. The summed E-state index contributed by atoms with van der Waals surface area (Å²) in [6, 6.07) is 21.4. The van der Waals surface area contributed by atoms with Gasteiger partial charge in [0.25, 0.3) is 0 Å². The molecule has 3 aromatic carbocycles. The van der Waals surface area contributed by atoms with E-state index in [-0.39, 0.29) is 11.6 Å². The third kappa shape index (κ3) is 2.59. The molecule has 20 heavy (non-hydrogen) atoms. The zero-order valence-electron chi connectivity index (χ0n) is 10.6. The molecule has 0 N–H and O–H groups in total. The van der Waals surface area contributed by atoms with Crippen LogP contribution < -0.4 is 0 Å². The van der Waals surface area contributed by atoms with Crippen molar-refractivity contribution >= 4 is 0 Å². The predicted molar refractivity (Wildman–Crippen MR) is 76.1 cm³/mol. The van der Waals surface area contributed by atoms with Gasteiger partial charge < -0.3 is 0 Å². The van der Waals surface area contributed by atoms with Crippen molar-refractivity contribution in [1.29, 1.82) is 0 Å². The van der Waals surface area contributed by atoms with Crippen LogP contribution in [0.15, 0.2) is 66.7 Å². The zero-order valence-corrected chi connectivity index (χ0v) is 10.6. The van der Waals surface area contributed by atoms with Gasteiger partial charge in [0.2, 0.25) is 0 Å². The van der Waals surface area contributed by atoms with E-state index in [2.05, 4.69) is 6.07 Å². The summed E-state index contributed by atoms with van der Waals surface area (Å²) in [6.45, 7) is 0. The number of hydrogen-bond acceptors (Lipinski definition) is 0. The van der Waals surface area contributed by atoms with Gasteiger partial charge in [0.15, 0.2) is 0 Å². The van der Waals surface area contributed by atoms with Crippen LogP contribution >= 0.6 is 0 Å². The second kappa shape index (κ2) is 5.25. The van der Waals surface area contributed by atoms with Crippen molar-refractivity contribution < 1.29 is 8.78 Å². The minimum atomic E-state index is -0.257. The summed E-state index contributed by atoms with van der Waals surface area (Å²) in [6.07, 6.45) is 0. The van der Waals surface area contributed by atoms with E-state index < -0.39 is 0 Å². The molecular weight excluding hydrogens is 254 g/mol. The SMILES string of the molecule is Fc1ccc(-c2c[c]cc(-c3ccc(F)cc3)c2)cc1. The van der Waals surface area contributed by atoms with Gasteiger partial charge in [-0.3, -0.25) is 0 Å². The number of rotatable bonds is 2. The van der Waals surface area contributed by atoms with E-state index >= 15 is 0 Å². The highest BCUT2D eigenvalue weighted by Gasteiger charge is 2.02. The zero-order chi connectivity index (χ0) is 13.9. The minimum absolute atomic E-state index is 0.257. The third-order valence-corrected chi connectivity index (χ3v) is 3.14. The quantitative estimate of drug-likeness (QED) is 0.604. The lowest BCUT2D eigenvalue weighted by Gasteiger charge is -2.06. The standard InChI is InChI=1S/C18H11F2/c19-17-8-4-13(5-9-17)15-2-1-3-16(12-15)14-6-10-18(20)11-7-14/h2-12H. The number of halogens is 2. The third-order valence-electron chi connectivity index (χ3n) is 3.14. The molecule has 0 aromatic heterocycles. The molecule has 0 bridgehead atoms. The second-order valence-electron chi connectivity index (χ2n) is 4.52. The van der Waals surface area contributed by atoms with Crippen molar-refractivity contribution in [3.63, 3.8) is 0 Å². The molecule has 3 rings (SSSR count). The summed E-state index contributed by atoms with van der Waals surface area (Å²) in [7, 11) is 0. The largest absolute Gasteiger partial charge is 0.207 e. The molecule has 0 saturated carbocycles. The predicted octanol–water partition coefficient (Wildman–Crippen LogP) is 5.10. The van der Waals surface area contributed by atoms with Crippen LogP contribution in [-0.4, -0.2) is 0 Å². The monoisotopic (exact) mass is 265 g/mol. The van der Waals surface area contributed by atoms with Crippen LogP contribution in [-0.2, 0) is 0 Å². The summed E-state index contributed by atoms with van der Waals surface area (Å²) < 4.78 is 25.9. The molecule has 0 saturated heterocycles. The van der Waals surface area contributed by atoms with Gasteiger partial charge in [-0.25, -0.2) is 8.78 Å². The maximum atomic E-state index is 12.9. The smallest absolute Gasteiger partial charge is 0.123 e. The molecule has 0 unspecified atom stereocenters. The Kier molecular flexibility index (Phi) is 3.30. The van der Waals surface area contributed by atoms with Crippen molar-refractivity contribution in [3.8, 4) is 22.3 Å². The van der Waals surface area contributed by atoms with Gasteiger partial charge in [0.1, 0.15) is 11.6 Å². The lowest BCUT2D eigenvalue weighted by atomic mass is 9.99. The van der Waals surface area contributed by atoms with Crippen molar-refractivity contribution in [1.82, 2.24) is 0 Å². The molecule has 2 heteroatoms. The molecule has 1 radical (unpaired) electrons. The van der Waals surface area contributed by atoms with Gasteiger partial charge in [-0.05, 0) is 70.8 Å². The molecule has 0 aliphatic carbocycles. The molecule has 0 nitrogen and oxygen atoms in total. The Morgan fingerprint density at radius 3 is 1.35 bits per heavy atom. The van der Waals surface area contributed by atoms with E-state index in [0.29, 0.717) is 0 Å². The molecule has 3 aromatic rings. The van der Waals surface area contributed by atoms with Gasteiger partial charge in [-0.2, -0.15) is 0 Å². The first-order valence-corrected chi connectivity index (χ1v) is 6.25. The van der Waals surface area contributed by atoms with Gasteiger partial charge in [-0.15, -0.1) is 0 Å². The Balaban J connectivity index is 2.01. The average Bonchev–Trinajstić information content (AvgIpc) is 2.49. The van der Waals surface area contributed by atoms with E-state index in [9.17, 15) is 8.78 Å². The van der Waals surface area contributed by atoms with Crippen LogP contribution in [0.2, 0.25) is 0 Å². The highest BCUT2D eigenvalue weighted by atomic mass is 19.1. The summed E-state index contributed by atoms with van der Waals surface area (Å²) in [5, 5.41) is 0. The van der Waals surface area contributed by atoms with Crippen LogP contribution in [0.5, 0.6) is 0 Å². The first kappa shape index (κ1) is 12.5. The van der Waals surface area contributed by atoms with E-state index in [1.54, 1.807) is 24.3 Å². The summed E-state index contributed by atoms with van der Waals surface area (Å²) >= 11 is 0. The van der Waals surface area contributed by atoms with E-state index in [1.807, 2.05) is 18.2 Å². The summed E-state index contributed by atoms with van der Waals surface area (Å²) in [5.74, 6) is -0.514. The first-order valence-electron chi connectivity index (χ1n) is 6.25. The molecule has 0 atom stereocenters. The Hall–Kier alpha value is -2.48.